The summed E-state index contributed by atoms with van der Waals surface area (Å²) in [4.78, 5) is 0. The minimum Gasteiger partial charge on any atom is -0.323 e. The van der Waals surface area contributed by atoms with Crippen LogP contribution >= 0.6 is 0 Å². The molecule has 1 rings (SSSR count). The van der Waals surface area contributed by atoms with Crippen molar-refractivity contribution in [3.8, 4) is 0 Å². The zero-order chi connectivity index (χ0) is 12.2. The number of aromatic nitrogens is 3. The van der Waals surface area contributed by atoms with Crippen molar-refractivity contribution in [1.82, 2.24) is 15.0 Å². The minimum absolute atomic E-state index is 0.0909. The Morgan fingerprint density at radius 1 is 1.50 bits per heavy atom. The molecule has 1 aromatic heterocycles. The first-order valence-corrected chi connectivity index (χ1v) is 7.16. The van der Waals surface area contributed by atoms with Crippen molar-refractivity contribution < 1.29 is 8.42 Å². The molecule has 0 fully saturated rings. The van der Waals surface area contributed by atoms with Crippen LogP contribution in [0.5, 0.6) is 0 Å². The van der Waals surface area contributed by atoms with Crippen LogP contribution in [-0.4, -0.2) is 34.9 Å². The van der Waals surface area contributed by atoms with Crippen LogP contribution < -0.4 is 5.73 Å². The lowest BCUT2D eigenvalue weighted by atomic mass is 10.2. The number of hydrogen-bond donors (Lipinski definition) is 1. The van der Waals surface area contributed by atoms with Crippen molar-refractivity contribution in [3.05, 3.63) is 11.9 Å². The molecule has 1 aromatic rings. The summed E-state index contributed by atoms with van der Waals surface area (Å²) in [5.74, 6) is 0.247. The highest BCUT2D eigenvalue weighted by molar-refractivity contribution is 7.91. The Morgan fingerprint density at radius 2 is 2.19 bits per heavy atom. The van der Waals surface area contributed by atoms with Crippen LogP contribution in [0.4, 0.5) is 0 Å². The average molecular weight is 246 g/mol. The molecule has 1 atom stereocenters. The van der Waals surface area contributed by atoms with Gasteiger partial charge in [0.1, 0.15) is 0 Å². The van der Waals surface area contributed by atoms with E-state index in [4.69, 9.17) is 5.73 Å². The predicted octanol–water partition coefficient (Wildman–Crippen LogP) is 0.123. The number of hydrogen-bond acceptors (Lipinski definition) is 5. The van der Waals surface area contributed by atoms with Gasteiger partial charge in [-0.2, -0.15) is 0 Å². The highest BCUT2D eigenvalue weighted by Crippen LogP contribution is 2.08. The maximum absolute atomic E-state index is 11.3. The third-order valence-electron chi connectivity index (χ3n) is 2.45. The summed E-state index contributed by atoms with van der Waals surface area (Å²) in [6.45, 7) is 3.93. The average Bonchev–Trinajstić information content (AvgIpc) is 2.74. The van der Waals surface area contributed by atoms with Gasteiger partial charge in [0, 0.05) is 5.75 Å². The summed E-state index contributed by atoms with van der Waals surface area (Å²) in [6, 6.07) is -0.128. The van der Waals surface area contributed by atoms with Crippen molar-refractivity contribution in [2.24, 2.45) is 5.73 Å². The van der Waals surface area contributed by atoms with Gasteiger partial charge in [0.2, 0.25) is 0 Å². The first-order valence-electron chi connectivity index (χ1n) is 5.34. The molecular weight excluding hydrogens is 228 g/mol. The van der Waals surface area contributed by atoms with Crippen molar-refractivity contribution in [2.75, 3.05) is 11.5 Å². The van der Waals surface area contributed by atoms with E-state index in [2.05, 4.69) is 10.3 Å². The van der Waals surface area contributed by atoms with E-state index in [0.717, 1.165) is 6.42 Å². The first kappa shape index (κ1) is 13.1. The highest BCUT2D eigenvalue weighted by Gasteiger charge is 2.11. The Balaban J connectivity index is 2.60. The molecule has 1 heterocycles. The van der Waals surface area contributed by atoms with Gasteiger partial charge >= 0.3 is 0 Å². The molecule has 0 spiro atoms. The fourth-order valence-corrected chi connectivity index (χ4v) is 1.93. The summed E-state index contributed by atoms with van der Waals surface area (Å²) in [7, 11) is -2.95. The Hall–Kier alpha value is -0.950. The lowest BCUT2D eigenvalue weighted by Crippen LogP contribution is -2.15. The first-order chi connectivity index (χ1) is 7.48. The van der Waals surface area contributed by atoms with Gasteiger partial charge in [0.15, 0.2) is 9.84 Å². The molecule has 0 bridgehead atoms. The van der Waals surface area contributed by atoms with Crippen LogP contribution in [0.1, 0.15) is 32.0 Å². The SMILES string of the molecule is CCC(N)c1cn(CCS(=O)(=O)CC)nn1. The molecule has 0 radical (unpaired) electrons. The van der Waals surface area contributed by atoms with Crippen molar-refractivity contribution >= 4 is 9.84 Å². The normalized spacial score (nSPS) is 13.9. The Bertz CT molecular complexity index is 426. The molecule has 0 aliphatic heterocycles. The topological polar surface area (TPSA) is 90.9 Å². The second kappa shape index (κ2) is 5.40. The zero-order valence-corrected chi connectivity index (χ0v) is 10.4. The summed E-state index contributed by atoms with van der Waals surface area (Å²) in [5.41, 5.74) is 6.49. The molecule has 16 heavy (non-hydrogen) atoms. The van der Waals surface area contributed by atoms with Gasteiger partial charge in [-0.1, -0.05) is 19.1 Å². The standard InChI is InChI=1S/C9H18N4O2S/c1-3-8(10)9-7-13(12-11-9)5-6-16(14,15)4-2/h7-8H,3-6,10H2,1-2H3. The molecule has 0 aliphatic carbocycles. The lowest BCUT2D eigenvalue weighted by molar-refractivity contribution is 0.576. The molecule has 7 heteroatoms. The van der Waals surface area contributed by atoms with E-state index >= 15 is 0 Å². The van der Waals surface area contributed by atoms with Gasteiger partial charge in [-0.15, -0.1) is 5.10 Å². The van der Waals surface area contributed by atoms with E-state index in [1.165, 1.54) is 4.68 Å². The van der Waals surface area contributed by atoms with Crippen LogP contribution in [0.3, 0.4) is 0 Å². The van der Waals surface area contributed by atoms with Crippen LogP contribution in [0.15, 0.2) is 6.20 Å². The summed E-state index contributed by atoms with van der Waals surface area (Å²) >= 11 is 0. The molecule has 0 aromatic carbocycles. The van der Waals surface area contributed by atoms with E-state index < -0.39 is 9.84 Å². The molecule has 0 saturated heterocycles. The van der Waals surface area contributed by atoms with E-state index in [-0.39, 0.29) is 17.5 Å². The van der Waals surface area contributed by atoms with E-state index in [0.29, 0.717) is 12.2 Å². The summed E-state index contributed by atoms with van der Waals surface area (Å²) < 4.78 is 24.1. The molecular formula is C9H18N4O2S. The highest BCUT2D eigenvalue weighted by atomic mass is 32.2. The maximum atomic E-state index is 11.3. The smallest absolute Gasteiger partial charge is 0.151 e. The predicted molar refractivity (Wildman–Crippen MR) is 61.6 cm³/mol. The van der Waals surface area contributed by atoms with Crippen LogP contribution in [-0.2, 0) is 16.4 Å². The molecule has 0 saturated carbocycles. The lowest BCUT2D eigenvalue weighted by Gasteiger charge is -2.02. The maximum Gasteiger partial charge on any atom is 0.151 e. The number of sulfone groups is 1. The molecule has 6 nitrogen and oxygen atoms in total. The number of nitrogens with zero attached hydrogens (tertiary/aromatic N) is 3. The van der Waals surface area contributed by atoms with Crippen LogP contribution in [0.25, 0.3) is 0 Å². The Labute approximate surface area is 95.7 Å². The van der Waals surface area contributed by atoms with E-state index in [9.17, 15) is 8.42 Å². The minimum atomic E-state index is -2.95. The van der Waals surface area contributed by atoms with Crippen LogP contribution in [0, 0.1) is 0 Å². The summed E-state index contributed by atoms with van der Waals surface area (Å²) in [6.07, 6.45) is 2.49. The van der Waals surface area contributed by atoms with Crippen molar-refractivity contribution in [3.63, 3.8) is 0 Å². The second-order valence-corrected chi connectivity index (χ2v) is 6.13. The summed E-state index contributed by atoms with van der Waals surface area (Å²) in [5, 5.41) is 7.75. The Morgan fingerprint density at radius 3 is 2.75 bits per heavy atom. The molecule has 0 amide bonds. The van der Waals surface area contributed by atoms with Gasteiger partial charge in [-0.25, -0.2) is 8.42 Å². The molecule has 2 N–H and O–H groups in total. The largest absolute Gasteiger partial charge is 0.323 e. The number of rotatable bonds is 6. The van der Waals surface area contributed by atoms with Crippen LogP contribution in [0.2, 0.25) is 0 Å². The van der Waals surface area contributed by atoms with Gasteiger partial charge < -0.3 is 5.73 Å². The fraction of sp³-hybridized carbons (Fsp3) is 0.778. The van der Waals surface area contributed by atoms with Gasteiger partial charge in [0.05, 0.1) is 30.2 Å². The van der Waals surface area contributed by atoms with Gasteiger partial charge in [-0.05, 0) is 6.42 Å². The fourth-order valence-electron chi connectivity index (χ4n) is 1.18. The number of aryl methyl sites for hydroxylation is 1. The zero-order valence-electron chi connectivity index (χ0n) is 9.63. The third-order valence-corrected chi connectivity index (χ3v) is 4.13. The molecule has 1 unspecified atom stereocenters. The van der Waals surface area contributed by atoms with Crippen molar-refractivity contribution in [1.29, 1.82) is 0 Å². The van der Waals surface area contributed by atoms with E-state index in [1.54, 1.807) is 13.1 Å². The third kappa shape index (κ3) is 3.57. The number of nitrogens with two attached hydrogens (primary N) is 1. The second-order valence-electron chi connectivity index (χ2n) is 3.66. The molecule has 92 valence electrons. The monoisotopic (exact) mass is 246 g/mol. The van der Waals surface area contributed by atoms with Crippen molar-refractivity contribution in [2.45, 2.75) is 32.9 Å². The van der Waals surface area contributed by atoms with Gasteiger partial charge in [-0.3, -0.25) is 4.68 Å². The Kier molecular flexibility index (Phi) is 4.43. The van der Waals surface area contributed by atoms with Gasteiger partial charge in [0.25, 0.3) is 0 Å². The quantitative estimate of drug-likeness (QED) is 0.770. The molecule has 0 aliphatic rings. The van der Waals surface area contributed by atoms with E-state index in [1.807, 2.05) is 6.92 Å².